The number of carbonyl (C=O) groups is 1. The fraction of sp³-hybridized carbons (Fsp3) is 0.148. The predicted molar refractivity (Wildman–Crippen MR) is 141 cm³/mol. The molecule has 192 valence electrons. The van der Waals surface area contributed by atoms with Crippen molar-refractivity contribution in [1.29, 1.82) is 0 Å². The smallest absolute Gasteiger partial charge is 0.275 e. The van der Waals surface area contributed by atoms with Crippen LogP contribution in [0.5, 0.6) is 11.5 Å². The number of fused-ring (bicyclic) bond motifs is 1. The monoisotopic (exact) mass is 512 g/mol. The van der Waals surface area contributed by atoms with Crippen LogP contribution in [0.15, 0.2) is 84.1 Å². The Morgan fingerprint density at radius 1 is 1.03 bits per heavy atom. The third-order valence-electron chi connectivity index (χ3n) is 6.23. The van der Waals surface area contributed by atoms with E-state index in [0.717, 1.165) is 0 Å². The van der Waals surface area contributed by atoms with Crippen LogP contribution in [-0.4, -0.2) is 39.8 Å². The van der Waals surface area contributed by atoms with Crippen LogP contribution >= 0.6 is 0 Å². The fourth-order valence-electron chi connectivity index (χ4n) is 4.42. The SMILES string of the molecule is COc1ccc(-c2nc3n(n2)C(c2ccccc2[N+](=O)[O-])C(C(=O)Nc2ccccc2OC)=C(C)N3)cc1. The third-order valence-corrected chi connectivity index (χ3v) is 6.23. The van der Waals surface area contributed by atoms with Crippen LogP contribution in [0.4, 0.5) is 17.3 Å². The summed E-state index contributed by atoms with van der Waals surface area (Å²) in [5.74, 6) is 1.44. The molecule has 1 atom stereocenters. The van der Waals surface area contributed by atoms with Crippen LogP contribution in [0.3, 0.4) is 0 Å². The Kier molecular flexibility index (Phi) is 6.48. The number of nitro benzene ring substituents is 1. The van der Waals surface area contributed by atoms with Crippen LogP contribution < -0.4 is 20.1 Å². The molecular weight excluding hydrogens is 488 g/mol. The van der Waals surface area contributed by atoms with Crippen LogP contribution in [-0.2, 0) is 4.79 Å². The second kappa shape index (κ2) is 10.1. The molecule has 1 unspecified atom stereocenters. The first-order chi connectivity index (χ1) is 18.4. The van der Waals surface area contributed by atoms with E-state index in [4.69, 9.17) is 9.47 Å². The van der Waals surface area contributed by atoms with Crippen LogP contribution in [0, 0.1) is 10.1 Å². The molecule has 1 aliphatic heterocycles. The number of benzene rings is 3. The lowest BCUT2D eigenvalue weighted by Gasteiger charge is -2.28. The summed E-state index contributed by atoms with van der Waals surface area (Å²) in [5, 5.41) is 22.7. The van der Waals surface area contributed by atoms with E-state index in [1.807, 2.05) is 12.1 Å². The summed E-state index contributed by atoms with van der Waals surface area (Å²) in [7, 11) is 3.09. The van der Waals surface area contributed by atoms with E-state index in [1.54, 1.807) is 68.6 Å². The van der Waals surface area contributed by atoms with E-state index in [0.29, 0.717) is 45.8 Å². The molecule has 0 saturated heterocycles. The largest absolute Gasteiger partial charge is 0.497 e. The number of ether oxygens (including phenoxy) is 2. The van der Waals surface area contributed by atoms with Gasteiger partial charge >= 0.3 is 0 Å². The van der Waals surface area contributed by atoms with Gasteiger partial charge in [0.2, 0.25) is 5.95 Å². The van der Waals surface area contributed by atoms with Crippen molar-refractivity contribution in [2.24, 2.45) is 0 Å². The van der Waals surface area contributed by atoms with Gasteiger partial charge in [0.05, 0.1) is 36.0 Å². The minimum atomic E-state index is -0.929. The van der Waals surface area contributed by atoms with Gasteiger partial charge in [-0.3, -0.25) is 14.9 Å². The first-order valence-corrected chi connectivity index (χ1v) is 11.7. The third kappa shape index (κ3) is 4.41. The van der Waals surface area contributed by atoms with Gasteiger partial charge in [0, 0.05) is 17.3 Å². The Hall–Kier alpha value is -5.19. The lowest BCUT2D eigenvalue weighted by molar-refractivity contribution is -0.385. The highest BCUT2D eigenvalue weighted by atomic mass is 16.6. The average Bonchev–Trinajstić information content (AvgIpc) is 3.36. The molecule has 1 amide bonds. The van der Waals surface area contributed by atoms with E-state index in [1.165, 1.54) is 17.9 Å². The van der Waals surface area contributed by atoms with Crippen molar-refractivity contribution >= 4 is 23.2 Å². The Morgan fingerprint density at radius 2 is 1.74 bits per heavy atom. The van der Waals surface area contributed by atoms with Gasteiger partial charge in [0.1, 0.15) is 17.5 Å². The Bertz CT molecular complexity index is 1560. The second-order valence-electron chi connectivity index (χ2n) is 8.47. The zero-order valence-corrected chi connectivity index (χ0v) is 20.8. The number of hydrogen-bond donors (Lipinski definition) is 2. The Morgan fingerprint density at radius 3 is 2.45 bits per heavy atom. The topological polar surface area (TPSA) is 133 Å². The molecule has 3 aromatic carbocycles. The molecule has 0 aliphatic carbocycles. The fourth-order valence-corrected chi connectivity index (χ4v) is 4.42. The number of amides is 1. The van der Waals surface area contributed by atoms with Gasteiger partial charge in [0.15, 0.2) is 5.82 Å². The highest BCUT2D eigenvalue weighted by Crippen LogP contribution is 2.40. The average molecular weight is 513 g/mol. The van der Waals surface area contributed by atoms with Gasteiger partial charge in [0.25, 0.3) is 11.6 Å². The maximum Gasteiger partial charge on any atom is 0.275 e. The standard InChI is InChI=1S/C27H24N6O5/c1-16-23(26(34)29-20-9-5-7-11-22(20)38-3)24(19-8-4-6-10-21(19)33(35)36)32-27(28-16)30-25(31-32)17-12-14-18(37-2)15-13-17/h4-15,24H,1-3H3,(H,29,34)(H,28,30,31). The van der Waals surface area contributed by atoms with Crippen molar-refractivity contribution in [2.45, 2.75) is 13.0 Å². The van der Waals surface area contributed by atoms with Gasteiger partial charge in [-0.15, -0.1) is 5.10 Å². The molecule has 0 bridgehead atoms. The summed E-state index contributed by atoms with van der Waals surface area (Å²) < 4.78 is 12.1. The van der Waals surface area contributed by atoms with E-state index in [2.05, 4.69) is 20.7 Å². The molecule has 11 heteroatoms. The summed E-state index contributed by atoms with van der Waals surface area (Å²) in [6.45, 7) is 1.73. The summed E-state index contributed by atoms with van der Waals surface area (Å²) in [4.78, 5) is 29.9. The van der Waals surface area contributed by atoms with Crippen molar-refractivity contribution in [3.8, 4) is 22.9 Å². The summed E-state index contributed by atoms with van der Waals surface area (Å²) in [6.07, 6.45) is 0. The highest BCUT2D eigenvalue weighted by Gasteiger charge is 2.38. The van der Waals surface area contributed by atoms with E-state index in [9.17, 15) is 14.9 Å². The second-order valence-corrected chi connectivity index (χ2v) is 8.47. The van der Waals surface area contributed by atoms with Gasteiger partial charge in [-0.25, -0.2) is 4.68 Å². The molecule has 0 fully saturated rings. The molecule has 0 saturated carbocycles. The summed E-state index contributed by atoms with van der Waals surface area (Å²) in [5.41, 5.74) is 2.09. The number of nitrogens with one attached hydrogen (secondary N) is 2. The number of aromatic nitrogens is 3. The number of nitrogens with zero attached hydrogens (tertiary/aromatic N) is 4. The number of nitro groups is 1. The highest BCUT2D eigenvalue weighted by molar-refractivity contribution is 6.06. The Labute approximate surface area is 217 Å². The number of methoxy groups -OCH3 is 2. The number of allylic oxidation sites excluding steroid dienone is 1. The van der Waals surface area contributed by atoms with Crippen LogP contribution in [0.25, 0.3) is 11.4 Å². The molecule has 4 aromatic rings. The van der Waals surface area contributed by atoms with Crippen molar-refractivity contribution in [1.82, 2.24) is 14.8 Å². The minimum Gasteiger partial charge on any atom is -0.497 e. The molecule has 5 rings (SSSR count). The molecule has 38 heavy (non-hydrogen) atoms. The van der Waals surface area contributed by atoms with Crippen LogP contribution in [0.2, 0.25) is 0 Å². The lowest BCUT2D eigenvalue weighted by atomic mass is 9.93. The van der Waals surface area contributed by atoms with Crippen molar-refractivity contribution < 1.29 is 19.2 Å². The number of carbonyl (C=O) groups excluding carboxylic acids is 1. The molecule has 11 nitrogen and oxygen atoms in total. The van der Waals surface area contributed by atoms with E-state index < -0.39 is 16.9 Å². The molecule has 0 radical (unpaired) electrons. The van der Waals surface area contributed by atoms with Crippen molar-refractivity contribution in [3.63, 3.8) is 0 Å². The number of para-hydroxylation sites is 3. The first kappa shape index (κ1) is 24.5. The number of hydrogen-bond acceptors (Lipinski definition) is 8. The number of anilines is 2. The minimum absolute atomic E-state index is 0.137. The van der Waals surface area contributed by atoms with Crippen molar-refractivity contribution in [3.05, 3.63) is 99.7 Å². The van der Waals surface area contributed by atoms with Gasteiger partial charge in [-0.2, -0.15) is 4.98 Å². The molecule has 0 spiro atoms. The van der Waals surface area contributed by atoms with E-state index in [-0.39, 0.29) is 11.3 Å². The maximum atomic E-state index is 13.8. The number of rotatable bonds is 7. The molecular formula is C27H24N6O5. The zero-order chi connectivity index (χ0) is 26.8. The normalized spacial score (nSPS) is 14.3. The summed E-state index contributed by atoms with van der Waals surface area (Å²) >= 11 is 0. The Balaban J connectivity index is 1.64. The van der Waals surface area contributed by atoms with Crippen LogP contribution in [0.1, 0.15) is 18.5 Å². The van der Waals surface area contributed by atoms with E-state index >= 15 is 0 Å². The molecule has 1 aliphatic rings. The van der Waals surface area contributed by atoms with Gasteiger partial charge in [-0.1, -0.05) is 24.3 Å². The molecule has 2 heterocycles. The predicted octanol–water partition coefficient (Wildman–Crippen LogP) is 4.80. The van der Waals surface area contributed by atoms with Gasteiger partial charge in [-0.05, 0) is 49.4 Å². The lowest BCUT2D eigenvalue weighted by Crippen LogP contribution is -2.32. The molecule has 2 N–H and O–H groups in total. The van der Waals surface area contributed by atoms with Gasteiger partial charge < -0.3 is 20.1 Å². The maximum absolute atomic E-state index is 13.8. The zero-order valence-electron chi connectivity index (χ0n) is 20.8. The van der Waals surface area contributed by atoms with Crippen molar-refractivity contribution in [2.75, 3.05) is 24.9 Å². The summed E-state index contributed by atoms with van der Waals surface area (Å²) in [6, 6.07) is 19.6. The molecule has 1 aromatic heterocycles. The quantitative estimate of drug-likeness (QED) is 0.267. The first-order valence-electron chi connectivity index (χ1n) is 11.7.